The van der Waals surface area contributed by atoms with Gasteiger partial charge in [-0.15, -0.1) is 5.10 Å². The van der Waals surface area contributed by atoms with Crippen molar-refractivity contribution in [3.8, 4) is 5.69 Å². The van der Waals surface area contributed by atoms with Gasteiger partial charge in [-0.1, -0.05) is 36.4 Å². The lowest BCUT2D eigenvalue weighted by Gasteiger charge is -2.14. The van der Waals surface area contributed by atoms with Crippen molar-refractivity contribution in [2.45, 2.75) is 19.6 Å². The molecule has 0 aliphatic heterocycles. The van der Waals surface area contributed by atoms with Crippen LogP contribution in [0.5, 0.6) is 0 Å². The Kier molecular flexibility index (Phi) is 5.33. The summed E-state index contributed by atoms with van der Waals surface area (Å²) in [5.74, 6) is -0.957. The molecule has 0 saturated carbocycles. The molecule has 1 atom stereocenters. The SMILES string of the molecule is C[C@H](OC(=O)c1cccc(-n2cnnn2)c1)C(=O)NCc1ccccc1. The molecule has 1 aromatic heterocycles. The summed E-state index contributed by atoms with van der Waals surface area (Å²) in [5, 5.41) is 13.6. The van der Waals surface area contributed by atoms with E-state index in [1.807, 2.05) is 30.3 Å². The van der Waals surface area contributed by atoms with Crippen LogP contribution in [0, 0.1) is 0 Å². The summed E-state index contributed by atoms with van der Waals surface area (Å²) in [6.45, 7) is 1.90. The Hall–Kier alpha value is -3.55. The Labute approximate surface area is 149 Å². The van der Waals surface area contributed by atoms with Gasteiger partial charge in [-0.3, -0.25) is 4.79 Å². The number of ether oxygens (including phenoxy) is 1. The van der Waals surface area contributed by atoms with Crippen molar-refractivity contribution >= 4 is 11.9 Å². The molecule has 0 spiro atoms. The third-order valence-electron chi connectivity index (χ3n) is 3.66. The number of amides is 1. The molecular weight excluding hydrogens is 334 g/mol. The lowest BCUT2D eigenvalue weighted by Crippen LogP contribution is -2.35. The lowest BCUT2D eigenvalue weighted by molar-refractivity contribution is -0.129. The first-order valence-electron chi connectivity index (χ1n) is 7.99. The van der Waals surface area contributed by atoms with Crippen molar-refractivity contribution in [3.63, 3.8) is 0 Å². The minimum atomic E-state index is -0.914. The molecule has 1 N–H and O–H groups in total. The smallest absolute Gasteiger partial charge is 0.338 e. The molecule has 0 bridgehead atoms. The van der Waals surface area contributed by atoms with Crippen LogP contribution < -0.4 is 5.32 Å². The van der Waals surface area contributed by atoms with Crippen LogP contribution in [0.2, 0.25) is 0 Å². The molecular formula is C18H17N5O3. The largest absolute Gasteiger partial charge is 0.449 e. The fraction of sp³-hybridized carbons (Fsp3) is 0.167. The normalized spacial score (nSPS) is 11.6. The van der Waals surface area contributed by atoms with Crippen molar-refractivity contribution in [1.29, 1.82) is 0 Å². The number of tetrazole rings is 1. The maximum atomic E-state index is 12.3. The van der Waals surface area contributed by atoms with E-state index in [1.54, 1.807) is 24.3 Å². The lowest BCUT2D eigenvalue weighted by atomic mass is 10.2. The predicted octanol–water partition coefficient (Wildman–Crippen LogP) is 1.52. The fourth-order valence-electron chi connectivity index (χ4n) is 2.27. The molecule has 3 rings (SSSR count). The van der Waals surface area contributed by atoms with Gasteiger partial charge in [0, 0.05) is 6.54 Å². The number of esters is 1. The first-order chi connectivity index (χ1) is 12.6. The van der Waals surface area contributed by atoms with Gasteiger partial charge in [-0.2, -0.15) is 0 Å². The monoisotopic (exact) mass is 351 g/mol. The summed E-state index contributed by atoms with van der Waals surface area (Å²) in [5.41, 5.74) is 1.89. The molecule has 0 saturated heterocycles. The third-order valence-corrected chi connectivity index (χ3v) is 3.66. The number of carbonyl (C=O) groups is 2. The third kappa shape index (κ3) is 4.29. The van der Waals surface area contributed by atoms with Gasteiger partial charge in [-0.05, 0) is 41.1 Å². The van der Waals surface area contributed by atoms with Crippen LogP contribution in [-0.4, -0.2) is 38.2 Å². The molecule has 0 radical (unpaired) electrons. The van der Waals surface area contributed by atoms with E-state index in [4.69, 9.17) is 4.74 Å². The van der Waals surface area contributed by atoms with Crippen LogP contribution in [-0.2, 0) is 16.1 Å². The van der Waals surface area contributed by atoms with Crippen molar-refractivity contribution in [3.05, 3.63) is 72.1 Å². The minimum Gasteiger partial charge on any atom is -0.449 e. The number of hydrogen-bond acceptors (Lipinski definition) is 6. The molecule has 26 heavy (non-hydrogen) atoms. The predicted molar refractivity (Wildman–Crippen MR) is 92.3 cm³/mol. The van der Waals surface area contributed by atoms with E-state index in [0.29, 0.717) is 17.8 Å². The minimum absolute atomic E-state index is 0.306. The van der Waals surface area contributed by atoms with Crippen LogP contribution in [0.1, 0.15) is 22.8 Å². The standard InChI is InChI=1S/C18H17N5O3/c1-13(17(24)19-11-14-6-3-2-4-7-14)26-18(25)15-8-5-9-16(10-15)23-12-20-21-22-23/h2-10,12-13H,11H2,1H3,(H,19,24)/t13-/m0/s1. The zero-order valence-corrected chi connectivity index (χ0v) is 14.1. The van der Waals surface area contributed by atoms with Crippen LogP contribution >= 0.6 is 0 Å². The molecule has 0 unspecified atom stereocenters. The van der Waals surface area contributed by atoms with E-state index >= 15 is 0 Å². The molecule has 2 aromatic carbocycles. The van der Waals surface area contributed by atoms with Crippen molar-refractivity contribution in [1.82, 2.24) is 25.5 Å². The van der Waals surface area contributed by atoms with Gasteiger partial charge >= 0.3 is 5.97 Å². The number of nitrogens with one attached hydrogen (secondary N) is 1. The van der Waals surface area contributed by atoms with E-state index in [0.717, 1.165) is 5.56 Å². The van der Waals surface area contributed by atoms with Gasteiger partial charge < -0.3 is 10.1 Å². The van der Waals surface area contributed by atoms with Gasteiger partial charge in [0.15, 0.2) is 6.10 Å². The highest BCUT2D eigenvalue weighted by Gasteiger charge is 2.19. The summed E-state index contributed by atoms with van der Waals surface area (Å²) < 4.78 is 6.67. The average Bonchev–Trinajstić information content (AvgIpc) is 3.22. The topological polar surface area (TPSA) is 99.0 Å². The molecule has 0 aliphatic carbocycles. The van der Waals surface area contributed by atoms with Crippen molar-refractivity contribution < 1.29 is 14.3 Å². The Morgan fingerprint density at radius 3 is 2.69 bits per heavy atom. The number of benzene rings is 2. The van der Waals surface area contributed by atoms with Crippen LogP contribution in [0.15, 0.2) is 60.9 Å². The van der Waals surface area contributed by atoms with Gasteiger partial charge in [0.1, 0.15) is 6.33 Å². The summed E-state index contributed by atoms with van der Waals surface area (Å²) in [6, 6.07) is 16.1. The number of hydrogen-bond donors (Lipinski definition) is 1. The summed E-state index contributed by atoms with van der Waals surface area (Å²) in [7, 11) is 0. The summed E-state index contributed by atoms with van der Waals surface area (Å²) in [6.07, 6.45) is 0.507. The van der Waals surface area contributed by atoms with E-state index in [1.165, 1.54) is 17.9 Å². The maximum Gasteiger partial charge on any atom is 0.338 e. The Morgan fingerprint density at radius 1 is 1.15 bits per heavy atom. The van der Waals surface area contributed by atoms with E-state index in [-0.39, 0.29) is 5.91 Å². The first kappa shape index (κ1) is 17.3. The highest BCUT2D eigenvalue weighted by molar-refractivity contribution is 5.92. The second-order valence-electron chi connectivity index (χ2n) is 5.56. The summed E-state index contributed by atoms with van der Waals surface area (Å²) >= 11 is 0. The number of nitrogens with zero attached hydrogens (tertiary/aromatic N) is 4. The quantitative estimate of drug-likeness (QED) is 0.676. The number of carbonyl (C=O) groups excluding carboxylic acids is 2. The van der Waals surface area contributed by atoms with Gasteiger partial charge in [0.2, 0.25) is 0 Å². The van der Waals surface area contributed by atoms with Gasteiger partial charge in [0.05, 0.1) is 11.3 Å². The molecule has 0 aliphatic rings. The van der Waals surface area contributed by atoms with Gasteiger partial charge in [0.25, 0.3) is 5.91 Å². The van der Waals surface area contributed by atoms with Crippen molar-refractivity contribution in [2.75, 3.05) is 0 Å². The van der Waals surface area contributed by atoms with Gasteiger partial charge in [-0.25, -0.2) is 9.48 Å². The zero-order chi connectivity index (χ0) is 18.4. The highest BCUT2D eigenvalue weighted by atomic mass is 16.5. The Balaban J connectivity index is 1.58. The molecule has 132 valence electrons. The highest BCUT2D eigenvalue weighted by Crippen LogP contribution is 2.11. The molecule has 1 heterocycles. The first-order valence-corrected chi connectivity index (χ1v) is 7.99. The second-order valence-corrected chi connectivity index (χ2v) is 5.56. The maximum absolute atomic E-state index is 12.3. The van der Waals surface area contributed by atoms with E-state index in [9.17, 15) is 9.59 Å². The number of rotatable bonds is 6. The molecule has 1 amide bonds. The number of aromatic nitrogens is 4. The zero-order valence-electron chi connectivity index (χ0n) is 14.1. The van der Waals surface area contributed by atoms with Crippen LogP contribution in [0.25, 0.3) is 5.69 Å². The second kappa shape index (κ2) is 8.02. The molecule has 8 nitrogen and oxygen atoms in total. The molecule has 8 heteroatoms. The van der Waals surface area contributed by atoms with E-state index < -0.39 is 12.1 Å². The molecule has 3 aromatic rings. The average molecular weight is 351 g/mol. The summed E-state index contributed by atoms with van der Waals surface area (Å²) in [4.78, 5) is 24.4. The Morgan fingerprint density at radius 2 is 1.96 bits per heavy atom. The van der Waals surface area contributed by atoms with Crippen LogP contribution in [0.3, 0.4) is 0 Å². The fourth-order valence-corrected chi connectivity index (χ4v) is 2.27. The van der Waals surface area contributed by atoms with Crippen molar-refractivity contribution in [2.24, 2.45) is 0 Å². The molecule has 0 fully saturated rings. The Bertz CT molecular complexity index is 881. The van der Waals surface area contributed by atoms with E-state index in [2.05, 4.69) is 20.8 Å². The van der Waals surface area contributed by atoms with Crippen LogP contribution in [0.4, 0.5) is 0 Å².